The van der Waals surface area contributed by atoms with E-state index in [1.165, 1.54) is 33.7 Å². The highest BCUT2D eigenvalue weighted by molar-refractivity contribution is 5.81. The van der Waals surface area contributed by atoms with Gasteiger partial charge in [0.05, 0.1) is 11.1 Å². The lowest BCUT2D eigenvalue weighted by atomic mass is 10.1. The molecule has 6 nitrogen and oxygen atoms in total. The van der Waals surface area contributed by atoms with Gasteiger partial charge in [-0.15, -0.1) is 10.2 Å². The van der Waals surface area contributed by atoms with Crippen LogP contribution in [-0.2, 0) is 6.18 Å². The Morgan fingerprint density at radius 2 is 1.74 bits per heavy atom. The summed E-state index contributed by atoms with van der Waals surface area (Å²) in [5, 5.41) is 8.49. The van der Waals surface area contributed by atoms with Crippen molar-refractivity contribution in [3.05, 3.63) is 59.8 Å². The molecule has 0 bridgehead atoms. The molecule has 0 spiro atoms. The van der Waals surface area contributed by atoms with Crippen molar-refractivity contribution >= 4 is 16.6 Å². The van der Waals surface area contributed by atoms with Crippen molar-refractivity contribution in [3.8, 4) is 11.5 Å². The van der Waals surface area contributed by atoms with Gasteiger partial charge in [-0.25, -0.2) is 4.98 Å². The molecule has 1 aliphatic rings. The third-order valence-electron chi connectivity index (χ3n) is 5.92. The molecule has 2 N–H and O–H groups in total. The van der Waals surface area contributed by atoms with Crippen LogP contribution in [-0.4, -0.2) is 49.8 Å². The first-order valence-electron chi connectivity index (χ1n) is 10.4. The largest absolute Gasteiger partial charge is 0.416 e. The molecule has 34 heavy (non-hydrogen) atoms. The molecular weight excluding hydrogens is 462 g/mol. The van der Waals surface area contributed by atoms with Crippen LogP contribution in [0.1, 0.15) is 23.6 Å². The van der Waals surface area contributed by atoms with Gasteiger partial charge in [-0.1, -0.05) is 18.2 Å². The Morgan fingerprint density at radius 3 is 2.41 bits per heavy atom. The highest BCUT2D eigenvalue weighted by Crippen LogP contribution is 2.39. The van der Waals surface area contributed by atoms with E-state index in [1.807, 2.05) is 0 Å². The lowest BCUT2D eigenvalue weighted by molar-refractivity contribution is -0.183. The van der Waals surface area contributed by atoms with Crippen LogP contribution in [0.4, 0.5) is 26.3 Å². The number of likely N-dealkylation sites (tertiary alicyclic amines) is 1. The summed E-state index contributed by atoms with van der Waals surface area (Å²) in [7, 11) is 0. The molecular formula is C22H18F6N6. The second-order valence-corrected chi connectivity index (χ2v) is 8.30. The number of benzene rings is 1. The zero-order valence-corrected chi connectivity index (χ0v) is 17.5. The summed E-state index contributed by atoms with van der Waals surface area (Å²) in [5.41, 5.74) is 5.51. The second kappa shape index (κ2) is 7.91. The molecule has 0 radical (unpaired) electrons. The van der Waals surface area contributed by atoms with Crippen molar-refractivity contribution in [1.82, 2.24) is 24.5 Å². The van der Waals surface area contributed by atoms with Gasteiger partial charge in [0.25, 0.3) is 0 Å². The Hall–Kier alpha value is -3.25. The predicted octanol–water partition coefficient (Wildman–Crippen LogP) is 4.60. The number of alkyl halides is 6. The first-order valence-corrected chi connectivity index (χ1v) is 10.4. The second-order valence-electron chi connectivity index (χ2n) is 8.30. The molecule has 12 heteroatoms. The van der Waals surface area contributed by atoms with Gasteiger partial charge in [0.1, 0.15) is 11.7 Å². The molecule has 178 valence electrons. The molecule has 0 saturated carbocycles. The number of nitrogens with zero attached hydrogens (tertiary/aromatic N) is 5. The first kappa shape index (κ1) is 22.5. The minimum absolute atomic E-state index is 0.0182. The summed E-state index contributed by atoms with van der Waals surface area (Å²) in [5.74, 6) is 0.121. The van der Waals surface area contributed by atoms with Crippen LogP contribution in [0.5, 0.6) is 0 Å². The Labute approximate surface area is 189 Å². The fourth-order valence-corrected chi connectivity index (χ4v) is 4.32. The number of halogens is 6. The Bertz CT molecular complexity index is 1360. The summed E-state index contributed by atoms with van der Waals surface area (Å²) in [6.45, 7) is 0.331. The Balaban J connectivity index is 1.60. The van der Waals surface area contributed by atoms with E-state index in [1.54, 1.807) is 12.1 Å². The van der Waals surface area contributed by atoms with Crippen molar-refractivity contribution in [3.63, 3.8) is 0 Å². The average Bonchev–Trinajstić information content (AvgIpc) is 3.37. The van der Waals surface area contributed by atoms with Gasteiger partial charge in [-0.05, 0) is 36.2 Å². The summed E-state index contributed by atoms with van der Waals surface area (Å²) < 4.78 is 82.7. The predicted molar refractivity (Wildman–Crippen MR) is 112 cm³/mol. The average molecular weight is 480 g/mol. The first-order chi connectivity index (χ1) is 16.0. The zero-order chi connectivity index (χ0) is 24.3. The molecule has 2 atom stereocenters. The van der Waals surface area contributed by atoms with Crippen LogP contribution < -0.4 is 5.73 Å². The number of aromatic nitrogens is 4. The molecule has 1 aromatic carbocycles. The van der Waals surface area contributed by atoms with E-state index < -0.39 is 24.0 Å². The zero-order valence-electron chi connectivity index (χ0n) is 17.5. The van der Waals surface area contributed by atoms with E-state index in [0.29, 0.717) is 11.8 Å². The minimum Gasteiger partial charge on any atom is -0.326 e. The maximum Gasteiger partial charge on any atom is 0.416 e. The highest BCUT2D eigenvalue weighted by Gasteiger charge is 2.46. The van der Waals surface area contributed by atoms with E-state index in [4.69, 9.17) is 5.73 Å². The quantitative estimate of drug-likeness (QED) is 0.434. The lowest BCUT2D eigenvalue weighted by Crippen LogP contribution is -2.38. The highest BCUT2D eigenvalue weighted by atomic mass is 19.4. The summed E-state index contributed by atoms with van der Waals surface area (Å²) in [6, 6.07) is 6.88. The molecule has 4 heterocycles. The van der Waals surface area contributed by atoms with Crippen LogP contribution in [0.25, 0.3) is 28.1 Å². The van der Waals surface area contributed by atoms with Crippen molar-refractivity contribution in [2.75, 3.05) is 13.1 Å². The monoisotopic (exact) mass is 480 g/mol. The van der Waals surface area contributed by atoms with Crippen molar-refractivity contribution < 1.29 is 26.3 Å². The Kier molecular flexibility index (Phi) is 5.24. The fourth-order valence-electron chi connectivity index (χ4n) is 4.32. The van der Waals surface area contributed by atoms with Crippen LogP contribution >= 0.6 is 0 Å². The number of hydrogen-bond acceptors (Lipinski definition) is 5. The lowest BCUT2D eigenvalue weighted by Gasteiger charge is -2.30. The van der Waals surface area contributed by atoms with Crippen molar-refractivity contribution in [2.45, 2.75) is 30.9 Å². The van der Waals surface area contributed by atoms with E-state index >= 15 is 0 Å². The molecule has 2 unspecified atom stereocenters. The smallest absolute Gasteiger partial charge is 0.326 e. The summed E-state index contributed by atoms with van der Waals surface area (Å²) in [4.78, 5) is 5.57. The molecule has 4 aromatic rings. The van der Waals surface area contributed by atoms with Crippen LogP contribution in [0, 0.1) is 0 Å². The van der Waals surface area contributed by atoms with Crippen molar-refractivity contribution in [2.24, 2.45) is 5.73 Å². The van der Waals surface area contributed by atoms with Gasteiger partial charge in [-0.2, -0.15) is 26.3 Å². The SMILES string of the molecule is NC1CCN(C(c2ccc3nnc(-c4ccc5ccc(C(F)(F)F)cc5n4)n3c2)C(F)(F)F)C1. The number of pyridine rings is 2. The maximum atomic E-state index is 14.0. The molecule has 3 aromatic heterocycles. The number of hydrogen-bond donors (Lipinski definition) is 1. The minimum atomic E-state index is -4.54. The van der Waals surface area contributed by atoms with E-state index in [0.717, 1.165) is 12.1 Å². The Morgan fingerprint density at radius 1 is 0.971 bits per heavy atom. The third-order valence-corrected chi connectivity index (χ3v) is 5.92. The normalized spacial score (nSPS) is 18.7. The van der Waals surface area contributed by atoms with Crippen LogP contribution in [0.3, 0.4) is 0 Å². The standard InChI is InChI=1S/C22H18F6N6/c23-21(24,25)14-4-1-12-2-5-16(30-17(12)9-14)20-32-31-18-6-3-13(10-34(18)20)19(22(26,27)28)33-8-7-15(29)11-33/h1-6,9-10,15,19H,7-8,11,29H2. The van der Waals surface area contributed by atoms with E-state index in [9.17, 15) is 26.3 Å². The molecule has 1 aliphatic heterocycles. The van der Waals surface area contributed by atoms with Gasteiger partial charge in [0.15, 0.2) is 11.5 Å². The van der Waals surface area contributed by atoms with E-state index in [-0.39, 0.29) is 47.4 Å². The third kappa shape index (κ3) is 4.07. The van der Waals surface area contributed by atoms with Gasteiger partial charge >= 0.3 is 12.4 Å². The molecule has 0 amide bonds. The molecule has 5 rings (SSSR count). The van der Waals surface area contributed by atoms with E-state index in [2.05, 4.69) is 15.2 Å². The summed E-state index contributed by atoms with van der Waals surface area (Å²) >= 11 is 0. The number of fused-ring (bicyclic) bond motifs is 2. The van der Waals surface area contributed by atoms with Gasteiger partial charge < -0.3 is 5.73 Å². The molecule has 0 aliphatic carbocycles. The van der Waals surface area contributed by atoms with Crippen LogP contribution in [0.2, 0.25) is 0 Å². The van der Waals surface area contributed by atoms with Crippen LogP contribution in [0.15, 0.2) is 48.7 Å². The maximum absolute atomic E-state index is 14.0. The fraction of sp³-hybridized carbons (Fsp3) is 0.318. The van der Waals surface area contributed by atoms with Gasteiger partial charge in [0, 0.05) is 30.7 Å². The summed E-state index contributed by atoms with van der Waals surface area (Å²) in [6.07, 6.45) is -7.31. The number of nitrogens with two attached hydrogens (primary N) is 1. The topological polar surface area (TPSA) is 72.3 Å². The van der Waals surface area contributed by atoms with Gasteiger partial charge in [0.2, 0.25) is 0 Å². The van der Waals surface area contributed by atoms with Gasteiger partial charge in [-0.3, -0.25) is 9.30 Å². The molecule has 1 fully saturated rings. The number of rotatable bonds is 3. The molecule has 1 saturated heterocycles. The van der Waals surface area contributed by atoms with Crippen molar-refractivity contribution in [1.29, 1.82) is 0 Å².